The van der Waals surface area contributed by atoms with Gasteiger partial charge in [0.1, 0.15) is 0 Å². The Balaban J connectivity index is 2.01. The molecule has 5 nitrogen and oxygen atoms in total. The molecule has 2 rings (SSSR count). The highest BCUT2D eigenvalue weighted by Crippen LogP contribution is 2.17. The van der Waals surface area contributed by atoms with Gasteiger partial charge in [-0.1, -0.05) is 29.8 Å². The number of hydrogen-bond acceptors (Lipinski definition) is 4. The molecular weight excluding hydrogens is 298 g/mol. The van der Waals surface area contributed by atoms with Crippen LogP contribution in [0.5, 0.6) is 0 Å². The summed E-state index contributed by atoms with van der Waals surface area (Å²) in [7, 11) is -3.47. The minimum absolute atomic E-state index is 0.111. The van der Waals surface area contributed by atoms with Crippen LogP contribution < -0.4 is 4.72 Å². The Labute approximate surface area is 123 Å². The third-order valence-corrected chi connectivity index (χ3v) is 4.27. The monoisotopic (exact) mass is 311 g/mol. The number of nitrogens with zero attached hydrogens (tertiary/aromatic N) is 2. The summed E-state index contributed by atoms with van der Waals surface area (Å²) in [5.74, 6) is -0.161. The predicted octanol–water partition coefficient (Wildman–Crippen LogP) is 2.06. The molecule has 0 spiro atoms. The van der Waals surface area contributed by atoms with Crippen molar-refractivity contribution in [1.82, 2.24) is 14.9 Å². The number of benzene rings is 1. The summed E-state index contributed by atoms with van der Waals surface area (Å²) in [4.78, 5) is 0. The van der Waals surface area contributed by atoms with Gasteiger partial charge < -0.3 is 0 Å². The fourth-order valence-electron chi connectivity index (χ4n) is 1.58. The molecule has 1 aromatic heterocycles. The first-order valence-electron chi connectivity index (χ1n) is 5.96. The van der Waals surface area contributed by atoms with Crippen molar-refractivity contribution >= 4 is 21.6 Å². The lowest BCUT2D eigenvalue weighted by atomic mass is 10.2. The molecule has 0 saturated carbocycles. The number of halogens is 1. The van der Waals surface area contributed by atoms with Gasteiger partial charge in [-0.15, -0.1) is 0 Å². The molecule has 0 amide bonds. The fourth-order valence-corrected chi connectivity index (χ4v) is 2.99. The van der Waals surface area contributed by atoms with E-state index in [1.807, 2.05) is 6.92 Å². The molecule has 1 N–H and O–H groups in total. The lowest BCUT2D eigenvalue weighted by molar-refractivity contribution is 0.579. The number of aromatic nitrogens is 2. The molecule has 1 aromatic carbocycles. The quantitative estimate of drug-likeness (QED) is 0.917. The summed E-state index contributed by atoms with van der Waals surface area (Å²) in [5, 5.41) is 8.21. The van der Waals surface area contributed by atoms with Gasteiger partial charge in [-0.25, -0.2) is 13.1 Å². The van der Waals surface area contributed by atoms with Gasteiger partial charge in [-0.2, -0.15) is 10.2 Å². The smallest absolute Gasteiger partial charge is 0.212 e. The zero-order chi connectivity index (χ0) is 14.6. The number of nitrogens with one attached hydrogen (secondary N) is 1. The zero-order valence-corrected chi connectivity index (χ0v) is 12.4. The van der Waals surface area contributed by atoms with Gasteiger partial charge in [0, 0.05) is 5.02 Å². The van der Waals surface area contributed by atoms with Crippen molar-refractivity contribution in [3.63, 3.8) is 0 Å². The third kappa shape index (κ3) is 4.26. The summed E-state index contributed by atoms with van der Waals surface area (Å²) in [5.41, 5.74) is 1.92. The van der Waals surface area contributed by atoms with Crippen molar-refractivity contribution in [2.45, 2.75) is 19.2 Å². The van der Waals surface area contributed by atoms with Crippen LogP contribution in [0, 0.1) is 6.92 Å². The molecule has 0 aliphatic rings. The summed E-state index contributed by atoms with van der Waals surface area (Å²) >= 11 is 5.95. The zero-order valence-electron chi connectivity index (χ0n) is 10.9. The summed E-state index contributed by atoms with van der Waals surface area (Å²) in [6.07, 6.45) is 0. The minimum atomic E-state index is -3.47. The van der Waals surface area contributed by atoms with Crippen molar-refractivity contribution in [2.24, 2.45) is 0 Å². The maximum absolute atomic E-state index is 12.0. The molecule has 0 bridgehead atoms. The van der Waals surface area contributed by atoms with Crippen LogP contribution in [0.15, 0.2) is 36.4 Å². The Hall–Kier alpha value is -1.50. The summed E-state index contributed by atoms with van der Waals surface area (Å²) in [6.45, 7) is 1.93. The van der Waals surface area contributed by atoms with Gasteiger partial charge in [-0.3, -0.25) is 0 Å². The Kier molecular flexibility index (Phi) is 4.69. The van der Waals surface area contributed by atoms with Crippen LogP contribution in [0.4, 0.5) is 0 Å². The largest absolute Gasteiger partial charge is 0.216 e. The lowest BCUT2D eigenvalue weighted by Crippen LogP contribution is -2.25. The molecule has 0 aliphatic heterocycles. The van der Waals surface area contributed by atoms with E-state index in [2.05, 4.69) is 14.9 Å². The van der Waals surface area contributed by atoms with Crippen LogP contribution in [0.2, 0.25) is 5.02 Å². The van der Waals surface area contributed by atoms with Crippen molar-refractivity contribution in [3.8, 4) is 0 Å². The van der Waals surface area contributed by atoms with Gasteiger partial charge in [-0.05, 0) is 30.7 Å². The first-order chi connectivity index (χ1) is 9.46. The minimum Gasteiger partial charge on any atom is -0.212 e. The second-order valence-corrected chi connectivity index (χ2v) is 6.55. The van der Waals surface area contributed by atoms with E-state index < -0.39 is 10.0 Å². The Morgan fingerprint density at radius 1 is 1.15 bits per heavy atom. The molecule has 0 fully saturated rings. The third-order valence-electron chi connectivity index (χ3n) is 2.63. The van der Waals surface area contributed by atoms with Crippen molar-refractivity contribution in [1.29, 1.82) is 0 Å². The average molecular weight is 312 g/mol. The predicted molar refractivity (Wildman–Crippen MR) is 77.7 cm³/mol. The van der Waals surface area contributed by atoms with Gasteiger partial charge in [0.15, 0.2) is 0 Å². The molecule has 0 radical (unpaired) electrons. The van der Waals surface area contributed by atoms with Crippen molar-refractivity contribution in [3.05, 3.63) is 58.4 Å². The Morgan fingerprint density at radius 2 is 1.90 bits per heavy atom. The number of sulfonamides is 1. The van der Waals surface area contributed by atoms with Crippen molar-refractivity contribution < 1.29 is 8.42 Å². The topological polar surface area (TPSA) is 72.0 Å². The molecule has 0 atom stereocenters. The van der Waals surface area contributed by atoms with Gasteiger partial charge in [0.2, 0.25) is 10.0 Å². The molecule has 7 heteroatoms. The van der Waals surface area contributed by atoms with E-state index in [1.54, 1.807) is 36.4 Å². The fraction of sp³-hybridized carbons (Fsp3) is 0.231. The molecule has 20 heavy (non-hydrogen) atoms. The Morgan fingerprint density at radius 3 is 2.55 bits per heavy atom. The molecule has 0 unspecified atom stereocenters. The average Bonchev–Trinajstić information content (AvgIpc) is 2.41. The first kappa shape index (κ1) is 14.9. The second kappa shape index (κ2) is 6.30. The second-order valence-electron chi connectivity index (χ2n) is 4.34. The standard InChI is InChI=1S/C13H14ClN3O2S/c1-10-6-7-12(17-16-10)8-15-20(18,19)9-11-4-2-3-5-13(11)14/h2-7,15H,8-9H2,1H3. The molecular formula is C13H14ClN3O2S. The van der Waals surface area contributed by atoms with E-state index in [9.17, 15) is 8.42 Å². The van der Waals surface area contributed by atoms with E-state index >= 15 is 0 Å². The molecule has 0 aliphatic carbocycles. The molecule has 106 valence electrons. The van der Waals surface area contributed by atoms with Crippen LogP contribution in [-0.2, 0) is 22.3 Å². The van der Waals surface area contributed by atoms with E-state index in [0.717, 1.165) is 5.69 Å². The van der Waals surface area contributed by atoms with Gasteiger partial charge in [0.05, 0.1) is 23.7 Å². The van der Waals surface area contributed by atoms with Gasteiger partial charge >= 0.3 is 0 Å². The van der Waals surface area contributed by atoms with Gasteiger partial charge in [0.25, 0.3) is 0 Å². The van der Waals surface area contributed by atoms with Crippen LogP contribution in [0.3, 0.4) is 0 Å². The first-order valence-corrected chi connectivity index (χ1v) is 7.99. The summed E-state index contributed by atoms with van der Waals surface area (Å²) < 4.78 is 26.4. The number of aryl methyl sites for hydroxylation is 1. The maximum atomic E-state index is 12.0. The highest BCUT2D eigenvalue weighted by atomic mass is 35.5. The lowest BCUT2D eigenvalue weighted by Gasteiger charge is -2.07. The van der Waals surface area contributed by atoms with E-state index in [4.69, 9.17) is 11.6 Å². The highest BCUT2D eigenvalue weighted by molar-refractivity contribution is 7.88. The summed E-state index contributed by atoms with van der Waals surface area (Å²) in [6, 6.07) is 10.4. The van der Waals surface area contributed by atoms with E-state index in [-0.39, 0.29) is 12.3 Å². The van der Waals surface area contributed by atoms with Crippen LogP contribution >= 0.6 is 11.6 Å². The van der Waals surface area contributed by atoms with E-state index in [0.29, 0.717) is 16.3 Å². The number of rotatable bonds is 5. The van der Waals surface area contributed by atoms with Crippen LogP contribution in [-0.4, -0.2) is 18.6 Å². The normalized spacial score (nSPS) is 11.5. The van der Waals surface area contributed by atoms with Crippen LogP contribution in [0.25, 0.3) is 0 Å². The molecule has 1 heterocycles. The van der Waals surface area contributed by atoms with Crippen LogP contribution in [0.1, 0.15) is 17.0 Å². The van der Waals surface area contributed by atoms with E-state index in [1.165, 1.54) is 0 Å². The van der Waals surface area contributed by atoms with Crippen molar-refractivity contribution in [2.75, 3.05) is 0 Å². The SMILES string of the molecule is Cc1ccc(CNS(=O)(=O)Cc2ccccc2Cl)nn1. The molecule has 0 saturated heterocycles. The maximum Gasteiger partial charge on any atom is 0.216 e. The highest BCUT2D eigenvalue weighted by Gasteiger charge is 2.13. The Bertz CT molecular complexity index is 687. The number of hydrogen-bond donors (Lipinski definition) is 1. The molecule has 2 aromatic rings.